The summed E-state index contributed by atoms with van der Waals surface area (Å²) in [5.41, 5.74) is 0.324. The van der Waals surface area contributed by atoms with Crippen molar-refractivity contribution in [2.24, 2.45) is 0 Å². The lowest BCUT2D eigenvalue weighted by Crippen LogP contribution is -2.54. The van der Waals surface area contributed by atoms with Gasteiger partial charge in [0.05, 0.1) is 21.4 Å². The molecule has 9 heteroatoms. The number of para-hydroxylation sites is 1. The lowest BCUT2D eigenvalue weighted by Gasteiger charge is -2.27. The third-order valence-electron chi connectivity index (χ3n) is 4.46. The molecule has 0 aliphatic carbocycles. The minimum Gasteiger partial charge on any atom is -0.314 e. The summed E-state index contributed by atoms with van der Waals surface area (Å²) < 4.78 is 15.7. The third kappa shape index (κ3) is 3.38. The van der Waals surface area contributed by atoms with Gasteiger partial charge in [-0.05, 0) is 42.5 Å². The van der Waals surface area contributed by atoms with Crippen LogP contribution in [0.1, 0.15) is 5.69 Å². The molecule has 0 saturated carbocycles. The maximum Gasteiger partial charge on any atom is 0.336 e. The number of imide groups is 2. The topological polar surface area (TPSA) is 71.4 Å². The first-order valence-electron chi connectivity index (χ1n) is 8.66. The van der Waals surface area contributed by atoms with E-state index in [1.807, 2.05) is 0 Å². The molecule has 2 aromatic carbocycles. The highest BCUT2D eigenvalue weighted by Crippen LogP contribution is 2.34. The average molecular weight is 444 g/mol. The minimum absolute atomic E-state index is 0.00824. The third-order valence-corrected chi connectivity index (χ3v) is 5.27. The maximum absolute atomic E-state index is 14.2. The van der Waals surface area contributed by atoms with Crippen LogP contribution in [0, 0.1) is 5.82 Å². The van der Waals surface area contributed by atoms with E-state index in [1.165, 1.54) is 34.9 Å². The van der Waals surface area contributed by atoms with E-state index < -0.39 is 23.7 Å². The molecule has 1 saturated heterocycles. The Morgan fingerprint density at radius 2 is 1.63 bits per heavy atom. The summed E-state index contributed by atoms with van der Waals surface area (Å²) in [6, 6.07) is 12.8. The van der Waals surface area contributed by atoms with E-state index in [1.54, 1.807) is 36.5 Å². The summed E-state index contributed by atoms with van der Waals surface area (Å²) in [5.74, 6) is -2.23. The molecule has 30 heavy (non-hydrogen) atoms. The van der Waals surface area contributed by atoms with Gasteiger partial charge in [-0.3, -0.25) is 14.9 Å². The molecule has 0 atom stereocenters. The number of carbonyl (C=O) groups is 3. The fraction of sp³-hybridized carbons (Fsp3) is 0. The van der Waals surface area contributed by atoms with Gasteiger partial charge in [-0.2, -0.15) is 0 Å². The van der Waals surface area contributed by atoms with E-state index in [0.29, 0.717) is 5.69 Å². The van der Waals surface area contributed by atoms with E-state index in [-0.39, 0.29) is 27.0 Å². The molecular formula is C21H12Cl2FN3O3. The molecule has 3 aromatic rings. The molecular weight excluding hydrogens is 432 g/mol. The van der Waals surface area contributed by atoms with Gasteiger partial charge in [-0.1, -0.05) is 41.4 Å². The van der Waals surface area contributed by atoms with Gasteiger partial charge in [-0.25, -0.2) is 14.1 Å². The fourth-order valence-electron chi connectivity index (χ4n) is 3.07. The Hall–Kier alpha value is -3.42. The van der Waals surface area contributed by atoms with Gasteiger partial charge in [0.25, 0.3) is 11.8 Å². The Bertz CT molecular complexity index is 1240. The number of anilines is 1. The Morgan fingerprint density at radius 3 is 2.40 bits per heavy atom. The number of urea groups is 1. The highest BCUT2D eigenvalue weighted by atomic mass is 35.5. The van der Waals surface area contributed by atoms with Gasteiger partial charge < -0.3 is 4.57 Å². The highest BCUT2D eigenvalue weighted by molar-refractivity contribution is 6.46. The van der Waals surface area contributed by atoms with Crippen molar-refractivity contribution in [2.45, 2.75) is 0 Å². The smallest absolute Gasteiger partial charge is 0.314 e. The van der Waals surface area contributed by atoms with Crippen LogP contribution in [0.25, 0.3) is 11.8 Å². The van der Waals surface area contributed by atoms with E-state index in [4.69, 9.17) is 23.2 Å². The number of nitrogens with one attached hydrogen (secondary N) is 1. The summed E-state index contributed by atoms with van der Waals surface area (Å²) in [6.45, 7) is 0. The van der Waals surface area contributed by atoms with Crippen LogP contribution in [0.4, 0.5) is 14.9 Å². The van der Waals surface area contributed by atoms with Gasteiger partial charge in [0.15, 0.2) is 0 Å². The number of carbonyl (C=O) groups excluding carboxylic acids is 3. The number of benzene rings is 2. The Balaban J connectivity index is 1.79. The van der Waals surface area contributed by atoms with Gasteiger partial charge in [0, 0.05) is 11.9 Å². The number of nitrogens with zero attached hydrogens (tertiary/aromatic N) is 2. The molecule has 1 aromatic heterocycles. The molecule has 1 aliphatic rings. The fourth-order valence-corrected chi connectivity index (χ4v) is 3.45. The zero-order valence-electron chi connectivity index (χ0n) is 15.1. The van der Waals surface area contributed by atoms with Crippen molar-refractivity contribution in [1.29, 1.82) is 0 Å². The maximum atomic E-state index is 14.2. The number of barbiturate groups is 1. The second kappa shape index (κ2) is 7.78. The molecule has 1 N–H and O–H groups in total. The van der Waals surface area contributed by atoms with Crippen LogP contribution in [-0.2, 0) is 9.59 Å². The minimum atomic E-state index is -0.948. The van der Waals surface area contributed by atoms with Crippen molar-refractivity contribution < 1.29 is 18.8 Å². The molecule has 4 amide bonds. The van der Waals surface area contributed by atoms with Crippen LogP contribution in [-0.4, -0.2) is 22.4 Å². The van der Waals surface area contributed by atoms with Crippen molar-refractivity contribution in [3.63, 3.8) is 0 Å². The Labute approximate surface area is 180 Å². The quantitative estimate of drug-likeness (QED) is 0.475. The largest absolute Gasteiger partial charge is 0.336 e. The zero-order chi connectivity index (χ0) is 21.4. The van der Waals surface area contributed by atoms with E-state index in [0.717, 1.165) is 4.90 Å². The first kappa shape index (κ1) is 19.9. The molecule has 4 rings (SSSR count). The number of rotatable bonds is 3. The van der Waals surface area contributed by atoms with Gasteiger partial charge in [-0.15, -0.1) is 0 Å². The summed E-state index contributed by atoms with van der Waals surface area (Å²) in [7, 11) is 0. The number of aromatic nitrogens is 1. The summed E-state index contributed by atoms with van der Waals surface area (Å²) >= 11 is 12.1. The summed E-state index contributed by atoms with van der Waals surface area (Å²) in [5, 5.41) is 2.25. The van der Waals surface area contributed by atoms with Gasteiger partial charge >= 0.3 is 6.03 Å². The van der Waals surface area contributed by atoms with Crippen molar-refractivity contribution in [3.05, 3.63) is 87.9 Å². The summed E-state index contributed by atoms with van der Waals surface area (Å²) in [4.78, 5) is 38.5. The molecule has 6 nitrogen and oxygen atoms in total. The molecule has 1 fully saturated rings. The van der Waals surface area contributed by atoms with Gasteiger partial charge in [0.2, 0.25) is 0 Å². The lowest BCUT2D eigenvalue weighted by atomic mass is 10.1. The number of amides is 4. The predicted octanol–water partition coefficient (Wildman–Crippen LogP) is 4.59. The second-order valence-electron chi connectivity index (χ2n) is 6.29. The highest BCUT2D eigenvalue weighted by Gasteiger charge is 2.38. The standard InChI is InChI=1S/C21H12Cl2FN3O3/c22-14-6-3-9-17(18(14)23)27-20(29)13(19(28)25-21(27)30)11-12-5-4-10-26(12)16-8-2-1-7-15(16)24/h1-11H,(H,25,28,30)/b13-11+. The van der Waals surface area contributed by atoms with Crippen LogP contribution in [0.5, 0.6) is 0 Å². The first-order chi connectivity index (χ1) is 14.4. The lowest BCUT2D eigenvalue weighted by molar-refractivity contribution is -0.122. The molecule has 0 bridgehead atoms. The average Bonchev–Trinajstić information content (AvgIpc) is 3.16. The van der Waals surface area contributed by atoms with Crippen LogP contribution in [0.3, 0.4) is 0 Å². The van der Waals surface area contributed by atoms with Crippen molar-refractivity contribution >= 4 is 52.8 Å². The molecule has 2 heterocycles. The number of hydrogen-bond acceptors (Lipinski definition) is 3. The van der Waals surface area contributed by atoms with Crippen molar-refractivity contribution in [2.75, 3.05) is 4.90 Å². The van der Waals surface area contributed by atoms with E-state index >= 15 is 0 Å². The molecule has 0 radical (unpaired) electrons. The van der Waals surface area contributed by atoms with E-state index in [2.05, 4.69) is 5.32 Å². The van der Waals surface area contributed by atoms with Crippen molar-refractivity contribution in [1.82, 2.24) is 9.88 Å². The SMILES string of the molecule is O=C1NC(=O)N(c2cccc(Cl)c2Cl)C(=O)/C1=C/c1cccn1-c1ccccc1F. The molecule has 0 unspecified atom stereocenters. The Morgan fingerprint density at radius 1 is 0.900 bits per heavy atom. The second-order valence-corrected chi connectivity index (χ2v) is 7.07. The van der Waals surface area contributed by atoms with Crippen LogP contribution in [0.2, 0.25) is 10.0 Å². The van der Waals surface area contributed by atoms with Gasteiger partial charge in [0.1, 0.15) is 11.4 Å². The van der Waals surface area contributed by atoms with E-state index in [9.17, 15) is 18.8 Å². The number of halogens is 3. The first-order valence-corrected chi connectivity index (χ1v) is 9.42. The number of hydrogen-bond donors (Lipinski definition) is 1. The van der Waals surface area contributed by atoms with Crippen LogP contribution in [0.15, 0.2) is 66.4 Å². The molecule has 1 aliphatic heterocycles. The van der Waals surface area contributed by atoms with Crippen LogP contribution < -0.4 is 10.2 Å². The normalized spacial score (nSPS) is 15.6. The monoisotopic (exact) mass is 443 g/mol. The van der Waals surface area contributed by atoms with Crippen LogP contribution >= 0.6 is 23.2 Å². The predicted molar refractivity (Wildman–Crippen MR) is 111 cm³/mol. The zero-order valence-corrected chi connectivity index (χ0v) is 16.6. The summed E-state index contributed by atoms with van der Waals surface area (Å²) in [6.07, 6.45) is 2.87. The van der Waals surface area contributed by atoms with Crippen molar-refractivity contribution in [3.8, 4) is 5.69 Å². The molecule has 0 spiro atoms. The Kier molecular flexibility index (Phi) is 5.15. The molecule has 150 valence electrons.